The summed E-state index contributed by atoms with van der Waals surface area (Å²) < 4.78 is 0. The van der Waals surface area contributed by atoms with Crippen molar-refractivity contribution in [3.63, 3.8) is 0 Å². The fraction of sp³-hybridized carbons (Fsp3) is 0.923. The summed E-state index contributed by atoms with van der Waals surface area (Å²) in [6.45, 7) is 9.87. The van der Waals surface area contributed by atoms with Crippen molar-refractivity contribution in [3.8, 4) is 0 Å². The highest BCUT2D eigenvalue weighted by molar-refractivity contribution is 5.85. The highest BCUT2D eigenvalue weighted by Gasteiger charge is 2.43. The number of ketones is 1. The van der Waals surface area contributed by atoms with E-state index in [-0.39, 0.29) is 17.6 Å². The van der Waals surface area contributed by atoms with E-state index in [4.69, 9.17) is 0 Å². The van der Waals surface area contributed by atoms with Crippen molar-refractivity contribution in [1.82, 2.24) is 0 Å². The predicted octanol–water partition coefficient (Wildman–Crippen LogP) is 2.64. The summed E-state index contributed by atoms with van der Waals surface area (Å²) in [4.78, 5) is 12.3. The van der Waals surface area contributed by atoms with Crippen LogP contribution >= 0.6 is 0 Å². The number of hydrogen-bond acceptors (Lipinski definition) is 2. The van der Waals surface area contributed by atoms with Gasteiger partial charge in [-0.25, -0.2) is 0 Å². The highest BCUT2D eigenvalue weighted by Crippen LogP contribution is 2.39. The first-order chi connectivity index (χ1) is 6.75. The van der Waals surface area contributed by atoms with Crippen LogP contribution in [0.5, 0.6) is 0 Å². The van der Waals surface area contributed by atoms with Gasteiger partial charge in [-0.2, -0.15) is 0 Å². The molecule has 3 atom stereocenters. The van der Waals surface area contributed by atoms with E-state index >= 15 is 0 Å². The molecular formula is C13H24O2. The normalized spacial score (nSPS) is 33.5. The van der Waals surface area contributed by atoms with E-state index in [9.17, 15) is 9.90 Å². The molecule has 0 bridgehead atoms. The number of hydrogen-bond donors (Lipinski definition) is 1. The van der Waals surface area contributed by atoms with E-state index in [0.29, 0.717) is 11.8 Å². The van der Waals surface area contributed by atoms with E-state index < -0.39 is 5.60 Å². The molecule has 0 aromatic carbocycles. The van der Waals surface area contributed by atoms with Crippen LogP contribution in [0.15, 0.2) is 0 Å². The van der Waals surface area contributed by atoms with E-state index in [2.05, 4.69) is 20.8 Å². The minimum atomic E-state index is -0.857. The third kappa shape index (κ3) is 2.60. The Hall–Kier alpha value is -0.370. The molecule has 1 aliphatic rings. The molecule has 2 heteroatoms. The molecule has 1 aliphatic carbocycles. The number of carbonyl (C=O) groups excluding carboxylic acids is 1. The zero-order chi connectivity index (χ0) is 11.8. The minimum Gasteiger partial charge on any atom is -0.390 e. The Labute approximate surface area is 93.1 Å². The molecule has 1 fully saturated rings. The maximum Gasteiger partial charge on any atom is 0.142 e. The Morgan fingerprint density at radius 2 is 1.87 bits per heavy atom. The largest absolute Gasteiger partial charge is 0.390 e. The summed E-state index contributed by atoms with van der Waals surface area (Å²) >= 11 is 0. The molecule has 1 saturated carbocycles. The van der Waals surface area contributed by atoms with Crippen molar-refractivity contribution < 1.29 is 9.90 Å². The van der Waals surface area contributed by atoms with Crippen LogP contribution in [0.2, 0.25) is 0 Å². The Bertz CT molecular complexity index is 233. The summed E-state index contributed by atoms with van der Waals surface area (Å²) in [6.07, 6.45) is 1.90. The van der Waals surface area contributed by atoms with Gasteiger partial charge in [-0.1, -0.05) is 20.8 Å². The Morgan fingerprint density at radius 1 is 1.33 bits per heavy atom. The molecule has 1 N–H and O–H groups in total. The average Bonchev–Trinajstić information content (AvgIpc) is 2.00. The van der Waals surface area contributed by atoms with Gasteiger partial charge in [0.15, 0.2) is 0 Å². The molecule has 0 aliphatic heterocycles. The molecule has 0 aromatic rings. The van der Waals surface area contributed by atoms with E-state index in [1.165, 1.54) is 0 Å². The highest BCUT2D eigenvalue weighted by atomic mass is 16.3. The third-order valence-corrected chi connectivity index (χ3v) is 3.77. The first-order valence-corrected chi connectivity index (χ1v) is 6.01. The SMILES string of the molecule is CC(C)C1C(=O)C(C(C)(C)O)CCC1C. The third-order valence-electron chi connectivity index (χ3n) is 3.77. The summed E-state index contributed by atoms with van der Waals surface area (Å²) in [5, 5.41) is 9.98. The van der Waals surface area contributed by atoms with Crippen molar-refractivity contribution in [2.24, 2.45) is 23.7 Å². The van der Waals surface area contributed by atoms with Crippen molar-refractivity contribution in [1.29, 1.82) is 0 Å². The van der Waals surface area contributed by atoms with Crippen LogP contribution < -0.4 is 0 Å². The van der Waals surface area contributed by atoms with E-state index in [1.54, 1.807) is 13.8 Å². The molecule has 0 radical (unpaired) electrons. The second-order valence-corrected chi connectivity index (χ2v) is 5.93. The van der Waals surface area contributed by atoms with Gasteiger partial charge in [0.05, 0.1) is 5.60 Å². The maximum absolute atomic E-state index is 12.3. The van der Waals surface area contributed by atoms with Gasteiger partial charge in [0.25, 0.3) is 0 Å². The van der Waals surface area contributed by atoms with Crippen molar-refractivity contribution in [3.05, 3.63) is 0 Å². The van der Waals surface area contributed by atoms with E-state index in [1.807, 2.05) is 0 Å². The van der Waals surface area contributed by atoms with Crippen LogP contribution in [-0.4, -0.2) is 16.5 Å². The van der Waals surface area contributed by atoms with Crippen molar-refractivity contribution in [2.45, 2.75) is 53.1 Å². The Balaban J connectivity index is 2.87. The van der Waals surface area contributed by atoms with Gasteiger partial charge in [-0.05, 0) is 38.5 Å². The smallest absolute Gasteiger partial charge is 0.142 e. The molecule has 15 heavy (non-hydrogen) atoms. The molecule has 88 valence electrons. The number of aliphatic hydroxyl groups is 1. The van der Waals surface area contributed by atoms with Gasteiger partial charge in [0, 0.05) is 11.8 Å². The van der Waals surface area contributed by atoms with Crippen LogP contribution in [0.1, 0.15) is 47.5 Å². The van der Waals surface area contributed by atoms with Crippen LogP contribution in [0.25, 0.3) is 0 Å². The summed E-state index contributed by atoms with van der Waals surface area (Å²) in [7, 11) is 0. The van der Waals surface area contributed by atoms with Gasteiger partial charge >= 0.3 is 0 Å². The van der Waals surface area contributed by atoms with Crippen LogP contribution in [0, 0.1) is 23.7 Å². The first kappa shape index (κ1) is 12.7. The first-order valence-electron chi connectivity index (χ1n) is 6.01. The van der Waals surface area contributed by atoms with Crippen molar-refractivity contribution in [2.75, 3.05) is 0 Å². The molecule has 0 saturated heterocycles. The van der Waals surface area contributed by atoms with Gasteiger partial charge in [0.1, 0.15) is 5.78 Å². The number of carbonyl (C=O) groups is 1. The molecule has 0 heterocycles. The lowest BCUT2D eigenvalue weighted by molar-refractivity contribution is -0.142. The molecule has 3 unspecified atom stereocenters. The topological polar surface area (TPSA) is 37.3 Å². The Morgan fingerprint density at radius 3 is 2.27 bits per heavy atom. The van der Waals surface area contributed by atoms with Gasteiger partial charge in [-0.15, -0.1) is 0 Å². The number of rotatable bonds is 2. The zero-order valence-electron chi connectivity index (χ0n) is 10.6. The second-order valence-electron chi connectivity index (χ2n) is 5.93. The quantitative estimate of drug-likeness (QED) is 0.764. The van der Waals surface area contributed by atoms with Gasteiger partial charge < -0.3 is 5.11 Å². The van der Waals surface area contributed by atoms with Crippen molar-refractivity contribution >= 4 is 5.78 Å². The second kappa shape index (κ2) is 4.25. The van der Waals surface area contributed by atoms with Gasteiger partial charge in [0.2, 0.25) is 0 Å². The van der Waals surface area contributed by atoms with Crippen LogP contribution in [-0.2, 0) is 4.79 Å². The standard InChI is InChI=1S/C13H24O2/c1-8(2)11-9(3)6-7-10(12(11)14)13(4,5)15/h8-11,15H,6-7H2,1-5H3. The Kier molecular flexibility index (Phi) is 3.59. The van der Waals surface area contributed by atoms with E-state index in [0.717, 1.165) is 12.8 Å². The zero-order valence-corrected chi connectivity index (χ0v) is 10.6. The monoisotopic (exact) mass is 212 g/mol. The lowest BCUT2D eigenvalue weighted by atomic mass is 9.65. The molecule has 0 spiro atoms. The lowest BCUT2D eigenvalue weighted by Crippen LogP contribution is -2.46. The van der Waals surface area contributed by atoms with Crippen LogP contribution in [0.3, 0.4) is 0 Å². The predicted molar refractivity (Wildman–Crippen MR) is 61.5 cm³/mol. The number of Topliss-reactive ketones (excluding diaryl/α,β-unsaturated/α-hetero) is 1. The molecular weight excluding hydrogens is 188 g/mol. The average molecular weight is 212 g/mol. The fourth-order valence-electron chi connectivity index (χ4n) is 2.95. The summed E-state index contributed by atoms with van der Waals surface area (Å²) in [5.74, 6) is 1.10. The molecule has 2 nitrogen and oxygen atoms in total. The summed E-state index contributed by atoms with van der Waals surface area (Å²) in [5.41, 5.74) is -0.857. The van der Waals surface area contributed by atoms with Gasteiger partial charge in [-0.3, -0.25) is 4.79 Å². The maximum atomic E-state index is 12.3. The lowest BCUT2D eigenvalue weighted by Gasteiger charge is -2.40. The molecule has 0 aromatic heterocycles. The fourth-order valence-corrected chi connectivity index (χ4v) is 2.95. The summed E-state index contributed by atoms with van der Waals surface area (Å²) in [6, 6.07) is 0. The minimum absolute atomic E-state index is 0.134. The molecule has 1 rings (SSSR count). The van der Waals surface area contributed by atoms with Crippen LogP contribution in [0.4, 0.5) is 0 Å². The molecule has 0 amide bonds.